The molecular formula is C23H29FN4O. The van der Waals surface area contributed by atoms with Crippen LogP contribution in [0.1, 0.15) is 36.0 Å². The first-order valence-electron chi connectivity index (χ1n) is 10.1. The van der Waals surface area contributed by atoms with Gasteiger partial charge in [0, 0.05) is 25.3 Å². The number of nitriles is 1. The van der Waals surface area contributed by atoms with Crippen molar-refractivity contribution < 1.29 is 9.50 Å². The fourth-order valence-electron chi connectivity index (χ4n) is 4.25. The molecule has 1 aliphatic heterocycles. The second-order valence-electron chi connectivity index (χ2n) is 8.25. The van der Waals surface area contributed by atoms with Gasteiger partial charge in [-0.15, -0.1) is 0 Å². The summed E-state index contributed by atoms with van der Waals surface area (Å²) in [6.07, 6.45) is 5.90. The van der Waals surface area contributed by atoms with Gasteiger partial charge in [-0.25, -0.2) is 4.39 Å². The Morgan fingerprint density at radius 3 is 2.90 bits per heavy atom. The molecule has 2 aromatic rings. The highest BCUT2D eigenvalue weighted by atomic mass is 19.1. The summed E-state index contributed by atoms with van der Waals surface area (Å²) >= 11 is 0. The lowest BCUT2D eigenvalue weighted by atomic mass is 9.80. The Bertz CT molecular complexity index is 866. The van der Waals surface area contributed by atoms with Gasteiger partial charge in [0.25, 0.3) is 0 Å². The van der Waals surface area contributed by atoms with E-state index in [1.165, 1.54) is 6.20 Å². The third-order valence-electron chi connectivity index (χ3n) is 5.68. The van der Waals surface area contributed by atoms with Crippen LogP contribution in [0.2, 0.25) is 0 Å². The van der Waals surface area contributed by atoms with Crippen LogP contribution >= 0.6 is 0 Å². The number of nitrogens with zero attached hydrogens (tertiary/aromatic N) is 4. The van der Waals surface area contributed by atoms with Crippen molar-refractivity contribution in [3.05, 3.63) is 65.2 Å². The van der Waals surface area contributed by atoms with Crippen molar-refractivity contribution in [3.63, 3.8) is 0 Å². The summed E-state index contributed by atoms with van der Waals surface area (Å²) in [6, 6.07) is 11.2. The molecule has 0 radical (unpaired) electrons. The molecule has 1 aromatic carbocycles. The molecule has 2 unspecified atom stereocenters. The average molecular weight is 397 g/mol. The van der Waals surface area contributed by atoms with E-state index in [0.29, 0.717) is 18.4 Å². The minimum atomic E-state index is -0.920. The standard InChI is InChI=1S/C23H29FN4O/c1-27(2)17-22-13-23(29,20-7-3-5-18(11-20)14-25)8-10-28(22)9-4-6-19-12-21(24)16-26-15-19/h3,5,7,11-12,15-16,22,29H,4,6,8-10,13,17H2,1-2H3. The van der Waals surface area contributed by atoms with E-state index in [1.54, 1.807) is 24.4 Å². The fraction of sp³-hybridized carbons (Fsp3) is 0.478. The summed E-state index contributed by atoms with van der Waals surface area (Å²) in [5.41, 5.74) is 1.39. The first-order chi connectivity index (χ1) is 13.9. The number of aliphatic hydroxyl groups is 1. The molecule has 1 N–H and O–H groups in total. The van der Waals surface area contributed by atoms with Crippen LogP contribution in [0.25, 0.3) is 0 Å². The maximum Gasteiger partial charge on any atom is 0.141 e. The number of rotatable bonds is 7. The number of likely N-dealkylation sites (N-methyl/N-ethyl adjacent to an activating group) is 1. The second-order valence-corrected chi connectivity index (χ2v) is 8.25. The van der Waals surface area contributed by atoms with Gasteiger partial charge in [0.15, 0.2) is 0 Å². The average Bonchev–Trinajstić information content (AvgIpc) is 2.69. The molecule has 2 heterocycles. The Labute approximate surface area is 172 Å². The van der Waals surface area contributed by atoms with Crippen LogP contribution in [0.3, 0.4) is 0 Å². The Kier molecular flexibility index (Phi) is 6.96. The number of pyridine rings is 1. The summed E-state index contributed by atoms with van der Waals surface area (Å²) in [4.78, 5) is 8.49. The number of halogens is 1. The summed E-state index contributed by atoms with van der Waals surface area (Å²) in [5, 5.41) is 20.6. The maximum absolute atomic E-state index is 13.3. The normalized spacial score (nSPS) is 22.6. The van der Waals surface area contributed by atoms with E-state index in [4.69, 9.17) is 0 Å². The molecule has 0 aliphatic carbocycles. The monoisotopic (exact) mass is 396 g/mol. The van der Waals surface area contributed by atoms with E-state index in [9.17, 15) is 14.8 Å². The van der Waals surface area contributed by atoms with Gasteiger partial charge >= 0.3 is 0 Å². The van der Waals surface area contributed by atoms with Crippen molar-refractivity contribution in [1.29, 1.82) is 5.26 Å². The van der Waals surface area contributed by atoms with E-state index in [0.717, 1.165) is 43.6 Å². The lowest BCUT2D eigenvalue weighted by molar-refractivity contribution is -0.0564. The number of aryl methyl sites for hydroxylation is 1. The molecule has 2 atom stereocenters. The lowest BCUT2D eigenvalue weighted by Gasteiger charge is -2.45. The molecular weight excluding hydrogens is 367 g/mol. The minimum Gasteiger partial charge on any atom is -0.385 e. The second kappa shape index (κ2) is 9.45. The van der Waals surface area contributed by atoms with E-state index < -0.39 is 5.60 Å². The van der Waals surface area contributed by atoms with Gasteiger partial charge in [-0.2, -0.15) is 5.26 Å². The molecule has 6 heteroatoms. The Balaban J connectivity index is 1.67. The Hall–Kier alpha value is -2.33. The molecule has 29 heavy (non-hydrogen) atoms. The first-order valence-corrected chi connectivity index (χ1v) is 10.1. The predicted octanol–water partition coefficient (Wildman–Crippen LogP) is 2.94. The molecule has 154 valence electrons. The van der Waals surface area contributed by atoms with E-state index in [-0.39, 0.29) is 11.9 Å². The van der Waals surface area contributed by atoms with E-state index in [2.05, 4.69) is 20.9 Å². The van der Waals surface area contributed by atoms with Crippen molar-refractivity contribution in [2.45, 2.75) is 37.3 Å². The van der Waals surface area contributed by atoms with Gasteiger partial charge in [-0.3, -0.25) is 9.88 Å². The fourth-order valence-corrected chi connectivity index (χ4v) is 4.25. The summed E-state index contributed by atoms with van der Waals surface area (Å²) in [5.74, 6) is -0.296. The van der Waals surface area contributed by atoms with E-state index >= 15 is 0 Å². The number of likely N-dealkylation sites (tertiary alicyclic amines) is 1. The molecule has 3 rings (SSSR count). The van der Waals surface area contributed by atoms with Gasteiger partial charge in [0.2, 0.25) is 0 Å². The van der Waals surface area contributed by atoms with Gasteiger partial charge in [0.1, 0.15) is 5.82 Å². The van der Waals surface area contributed by atoms with Crippen LogP contribution < -0.4 is 0 Å². The molecule has 0 amide bonds. The maximum atomic E-state index is 13.3. The van der Waals surface area contributed by atoms with Gasteiger partial charge in [0.05, 0.1) is 23.4 Å². The Morgan fingerprint density at radius 2 is 2.17 bits per heavy atom. The molecule has 1 saturated heterocycles. The Morgan fingerprint density at radius 1 is 1.34 bits per heavy atom. The number of piperidine rings is 1. The number of benzene rings is 1. The van der Waals surface area contributed by atoms with Crippen molar-refractivity contribution in [3.8, 4) is 6.07 Å². The van der Waals surface area contributed by atoms with Crippen molar-refractivity contribution >= 4 is 0 Å². The molecule has 1 aliphatic rings. The molecule has 5 nitrogen and oxygen atoms in total. The zero-order chi connectivity index (χ0) is 20.9. The predicted molar refractivity (Wildman–Crippen MR) is 111 cm³/mol. The SMILES string of the molecule is CN(C)CC1CC(O)(c2cccc(C#N)c2)CCN1CCCc1cncc(F)c1. The largest absolute Gasteiger partial charge is 0.385 e. The van der Waals surface area contributed by atoms with Crippen molar-refractivity contribution in [1.82, 2.24) is 14.8 Å². The minimum absolute atomic E-state index is 0.208. The smallest absolute Gasteiger partial charge is 0.141 e. The third-order valence-corrected chi connectivity index (χ3v) is 5.68. The van der Waals surface area contributed by atoms with Crippen LogP contribution in [-0.4, -0.2) is 59.7 Å². The highest BCUT2D eigenvalue weighted by molar-refractivity contribution is 5.36. The van der Waals surface area contributed by atoms with E-state index in [1.807, 2.05) is 26.2 Å². The molecule has 0 spiro atoms. The van der Waals surface area contributed by atoms with Crippen molar-refractivity contribution in [2.24, 2.45) is 0 Å². The molecule has 1 fully saturated rings. The quantitative estimate of drug-likeness (QED) is 0.780. The molecule has 0 bridgehead atoms. The highest BCUT2D eigenvalue weighted by Gasteiger charge is 2.39. The number of hydrogen-bond acceptors (Lipinski definition) is 5. The zero-order valence-corrected chi connectivity index (χ0v) is 17.2. The van der Waals surface area contributed by atoms with Crippen LogP contribution in [0.15, 0.2) is 42.7 Å². The summed E-state index contributed by atoms with van der Waals surface area (Å²) in [7, 11) is 4.08. The zero-order valence-electron chi connectivity index (χ0n) is 17.2. The van der Waals surface area contributed by atoms with Crippen LogP contribution in [0.5, 0.6) is 0 Å². The summed E-state index contributed by atoms with van der Waals surface area (Å²) in [6.45, 7) is 2.53. The number of aromatic nitrogens is 1. The summed E-state index contributed by atoms with van der Waals surface area (Å²) < 4.78 is 13.3. The molecule has 1 aromatic heterocycles. The van der Waals surface area contributed by atoms with Gasteiger partial charge < -0.3 is 10.0 Å². The lowest BCUT2D eigenvalue weighted by Crippen LogP contribution is -2.52. The van der Waals surface area contributed by atoms with Crippen LogP contribution in [0, 0.1) is 17.1 Å². The molecule has 0 saturated carbocycles. The van der Waals surface area contributed by atoms with Crippen molar-refractivity contribution in [2.75, 3.05) is 33.7 Å². The highest BCUT2D eigenvalue weighted by Crippen LogP contribution is 2.36. The van der Waals surface area contributed by atoms with Gasteiger partial charge in [-0.1, -0.05) is 12.1 Å². The van der Waals surface area contributed by atoms with Crippen LogP contribution in [-0.2, 0) is 12.0 Å². The van der Waals surface area contributed by atoms with Crippen LogP contribution in [0.4, 0.5) is 4.39 Å². The third kappa shape index (κ3) is 5.60. The topological polar surface area (TPSA) is 63.4 Å². The first kappa shape index (κ1) is 21.4. The van der Waals surface area contributed by atoms with Gasteiger partial charge in [-0.05, 0) is 75.6 Å². The number of hydrogen-bond donors (Lipinski definition) is 1.